The van der Waals surface area contributed by atoms with Crippen LogP contribution in [0.1, 0.15) is 12.8 Å². The van der Waals surface area contributed by atoms with Gasteiger partial charge in [-0.15, -0.1) is 12.3 Å². The van der Waals surface area contributed by atoms with E-state index in [-0.39, 0.29) is 19.0 Å². The van der Waals surface area contributed by atoms with E-state index in [9.17, 15) is 14.7 Å². The second-order valence-corrected chi connectivity index (χ2v) is 5.21. The third-order valence-electron chi connectivity index (χ3n) is 3.15. The van der Waals surface area contributed by atoms with Crippen LogP contribution in [0.5, 0.6) is 0 Å². The molecule has 0 bridgehead atoms. The Labute approximate surface area is 118 Å². The predicted octanol–water partition coefficient (Wildman–Crippen LogP) is -0.831. The summed E-state index contributed by atoms with van der Waals surface area (Å²) in [5, 5.41) is 21.1. The molecule has 0 aliphatic carbocycles. The molecule has 20 heavy (non-hydrogen) atoms. The Morgan fingerprint density at radius 1 is 1.55 bits per heavy atom. The van der Waals surface area contributed by atoms with Crippen LogP contribution in [0.3, 0.4) is 0 Å². The fourth-order valence-electron chi connectivity index (χ4n) is 2.29. The van der Waals surface area contributed by atoms with E-state index in [2.05, 4.69) is 11.2 Å². The number of hydrogen-bond acceptors (Lipinski definition) is 4. The van der Waals surface area contributed by atoms with Crippen LogP contribution in [0.15, 0.2) is 0 Å². The van der Waals surface area contributed by atoms with E-state index < -0.39 is 24.1 Å². The van der Waals surface area contributed by atoms with Crippen LogP contribution >= 0.6 is 0 Å². The number of likely N-dealkylation sites (tertiary alicyclic amines) is 1. The van der Waals surface area contributed by atoms with Crippen molar-refractivity contribution in [1.82, 2.24) is 15.1 Å². The van der Waals surface area contributed by atoms with Crippen LogP contribution in [0.4, 0.5) is 4.79 Å². The molecule has 112 valence electrons. The molecule has 2 amide bonds. The Balaban J connectivity index is 2.69. The lowest BCUT2D eigenvalue weighted by Crippen LogP contribution is -2.51. The number of carboxylic acids is 1. The monoisotopic (exact) mass is 283 g/mol. The Bertz CT molecular complexity index is 405. The van der Waals surface area contributed by atoms with Gasteiger partial charge in [-0.25, -0.2) is 9.59 Å². The molecule has 0 spiro atoms. The number of aliphatic hydroxyl groups excluding tert-OH is 1. The molecule has 0 aromatic heterocycles. The van der Waals surface area contributed by atoms with Crippen molar-refractivity contribution in [3.8, 4) is 12.3 Å². The number of β-amino-alcohol motifs (C(OH)–C–C–N with tert-alkyl or cyclic N) is 1. The maximum Gasteiger partial charge on any atom is 0.327 e. The summed E-state index contributed by atoms with van der Waals surface area (Å²) in [5.74, 6) is 1.06. The van der Waals surface area contributed by atoms with Gasteiger partial charge in [-0.3, -0.25) is 0 Å². The highest BCUT2D eigenvalue weighted by Gasteiger charge is 2.35. The normalized spacial score (nSPS) is 23.4. The Morgan fingerprint density at radius 3 is 2.70 bits per heavy atom. The molecule has 3 atom stereocenters. The average molecular weight is 283 g/mol. The summed E-state index contributed by atoms with van der Waals surface area (Å²) in [6.07, 6.45) is 4.92. The van der Waals surface area contributed by atoms with Crippen LogP contribution in [-0.4, -0.2) is 77.4 Å². The molecule has 3 unspecified atom stereocenters. The highest BCUT2D eigenvalue weighted by molar-refractivity contribution is 5.83. The lowest BCUT2D eigenvalue weighted by atomic mass is 10.2. The number of carboxylic acid groups (broad SMARTS) is 1. The van der Waals surface area contributed by atoms with E-state index in [4.69, 9.17) is 11.5 Å². The average Bonchev–Trinajstić information content (AvgIpc) is 2.68. The number of aliphatic carboxylic acids is 1. The lowest BCUT2D eigenvalue weighted by Gasteiger charge is -2.28. The topological polar surface area (TPSA) is 93.1 Å². The molecule has 7 heteroatoms. The highest BCUT2D eigenvalue weighted by Crippen LogP contribution is 2.18. The summed E-state index contributed by atoms with van der Waals surface area (Å²) in [7, 11) is 3.75. The fourth-order valence-corrected chi connectivity index (χ4v) is 2.29. The van der Waals surface area contributed by atoms with Gasteiger partial charge >= 0.3 is 12.0 Å². The number of likely N-dealkylation sites (N-methyl/N-ethyl adjacent to an activating group) is 1. The van der Waals surface area contributed by atoms with Crippen molar-refractivity contribution in [2.24, 2.45) is 0 Å². The highest BCUT2D eigenvalue weighted by atomic mass is 16.4. The molecule has 1 fully saturated rings. The quantitative estimate of drug-likeness (QED) is 0.573. The van der Waals surface area contributed by atoms with Crippen molar-refractivity contribution < 1.29 is 19.8 Å². The zero-order valence-corrected chi connectivity index (χ0v) is 11.7. The van der Waals surface area contributed by atoms with Gasteiger partial charge in [0.05, 0.1) is 6.10 Å². The summed E-state index contributed by atoms with van der Waals surface area (Å²) in [6.45, 7) is 0.810. The summed E-state index contributed by atoms with van der Waals surface area (Å²) in [4.78, 5) is 26.5. The Hall–Kier alpha value is -1.78. The molecule has 7 nitrogen and oxygen atoms in total. The zero-order valence-electron chi connectivity index (χ0n) is 11.7. The van der Waals surface area contributed by atoms with E-state index in [1.165, 1.54) is 4.90 Å². The second kappa shape index (κ2) is 7.12. The van der Waals surface area contributed by atoms with Crippen molar-refractivity contribution in [3.63, 3.8) is 0 Å². The minimum atomic E-state index is -1.17. The van der Waals surface area contributed by atoms with E-state index in [0.717, 1.165) is 0 Å². The van der Waals surface area contributed by atoms with Crippen LogP contribution in [0, 0.1) is 12.3 Å². The fraction of sp³-hybridized carbons (Fsp3) is 0.692. The van der Waals surface area contributed by atoms with Gasteiger partial charge in [0.25, 0.3) is 0 Å². The van der Waals surface area contributed by atoms with Crippen molar-refractivity contribution in [3.05, 3.63) is 0 Å². The van der Waals surface area contributed by atoms with Gasteiger partial charge in [0, 0.05) is 25.6 Å². The molecule has 1 saturated heterocycles. The third-order valence-corrected chi connectivity index (χ3v) is 3.15. The zero-order chi connectivity index (χ0) is 15.3. The second-order valence-electron chi connectivity index (χ2n) is 5.21. The molecular formula is C13H21N3O4. The number of urea groups is 1. The molecule has 0 saturated carbocycles. The number of nitrogens with zero attached hydrogens (tertiary/aromatic N) is 2. The number of carbonyl (C=O) groups is 2. The van der Waals surface area contributed by atoms with Gasteiger partial charge in [0.2, 0.25) is 0 Å². The SMILES string of the molecule is C#CCC(NC(=O)N1CC(O)CC1CN(C)C)C(=O)O. The maximum atomic E-state index is 12.1. The number of amides is 2. The van der Waals surface area contributed by atoms with E-state index >= 15 is 0 Å². The first-order valence-corrected chi connectivity index (χ1v) is 6.41. The van der Waals surface area contributed by atoms with Crippen molar-refractivity contribution in [2.45, 2.75) is 31.0 Å². The van der Waals surface area contributed by atoms with Crippen molar-refractivity contribution >= 4 is 12.0 Å². The largest absolute Gasteiger partial charge is 0.480 e. The molecule has 1 aliphatic rings. The molecule has 1 heterocycles. The van der Waals surface area contributed by atoms with Gasteiger partial charge in [-0.2, -0.15) is 0 Å². The first-order chi connectivity index (χ1) is 9.35. The number of nitrogens with one attached hydrogen (secondary N) is 1. The summed E-state index contributed by atoms with van der Waals surface area (Å²) in [6, 6.07) is -1.75. The van der Waals surface area contributed by atoms with Gasteiger partial charge in [-0.1, -0.05) is 0 Å². The van der Waals surface area contributed by atoms with Crippen molar-refractivity contribution in [1.29, 1.82) is 0 Å². The van der Waals surface area contributed by atoms with Gasteiger partial charge in [0.1, 0.15) is 6.04 Å². The maximum absolute atomic E-state index is 12.1. The Kier molecular flexibility index (Phi) is 5.80. The smallest absolute Gasteiger partial charge is 0.327 e. The molecule has 0 radical (unpaired) electrons. The summed E-state index contributed by atoms with van der Waals surface area (Å²) < 4.78 is 0. The number of hydrogen-bond donors (Lipinski definition) is 3. The minimum absolute atomic E-state index is 0.0736. The number of rotatable bonds is 5. The van der Waals surface area contributed by atoms with Crippen LogP contribution in [-0.2, 0) is 4.79 Å². The molecule has 3 N–H and O–H groups in total. The summed E-state index contributed by atoms with van der Waals surface area (Å²) >= 11 is 0. The Morgan fingerprint density at radius 2 is 2.20 bits per heavy atom. The number of terminal acetylenes is 1. The molecule has 0 aromatic carbocycles. The number of carbonyl (C=O) groups excluding carboxylic acids is 1. The van der Waals surface area contributed by atoms with E-state index in [1.54, 1.807) is 0 Å². The minimum Gasteiger partial charge on any atom is -0.480 e. The molecular weight excluding hydrogens is 262 g/mol. The molecule has 1 aliphatic heterocycles. The summed E-state index contributed by atoms with van der Waals surface area (Å²) in [5.41, 5.74) is 0. The van der Waals surface area contributed by atoms with Crippen LogP contribution < -0.4 is 5.32 Å². The first kappa shape index (κ1) is 16.3. The van der Waals surface area contributed by atoms with E-state index in [1.807, 2.05) is 19.0 Å². The van der Waals surface area contributed by atoms with Gasteiger partial charge in [0.15, 0.2) is 0 Å². The molecule has 0 aromatic rings. The standard InChI is InChI=1S/C13H21N3O4/c1-4-5-11(12(18)19)14-13(20)16-8-10(17)6-9(16)7-15(2)3/h1,9-11,17H,5-8H2,2-3H3,(H,14,20)(H,18,19). The predicted molar refractivity (Wildman–Crippen MR) is 73.1 cm³/mol. The third kappa shape index (κ3) is 4.40. The molecule has 1 rings (SSSR count). The van der Waals surface area contributed by atoms with Crippen LogP contribution in [0.25, 0.3) is 0 Å². The lowest BCUT2D eigenvalue weighted by molar-refractivity contribution is -0.139. The first-order valence-electron chi connectivity index (χ1n) is 6.41. The van der Waals surface area contributed by atoms with E-state index in [0.29, 0.717) is 13.0 Å². The van der Waals surface area contributed by atoms with Gasteiger partial charge < -0.3 is 25.3 Å². The van der Waals surface area contributed by atoms with Crippen molar-refractivity contribution in [2.75, 3.05) is 27.2 Å². The number of aliphatic hydroxyl groups is 1. The van der Waals surface area contributed by atoms with Crippen LogP contribution in [0.2, 0.25) is 0 Å². The van der Waals surface area contributed by atoms with Gasteiger partial charge in [-0.05, 0) is 20.5 Å².